The van der Waals surface area contributed by atoms with Gasteiger partial charge in [-0.1, -0.05) is 11.8 Å². The van der Waals surface area contributed by atoms with Crippen molar-refractivity contribution in [2.75, 3.05) is 7.11 Å². The minimum Gasteiger partial charge on any atom is -0.465 e. The standard InChI is InChI=1S/C13H9N5O4S/c1-22-13(19)7-2-3-9(8(4-7)18(20)21)23-12-10-11(15-5-14-10)16-6-17-12/h2-6H,1H3,(H,14,15,16,17). The van der Waals surface area contributed by atoms with Gasteiger partial charge in [0.15, 0.2) is 5.65 Å². The SMILES string of the molecule is COC(=O)c1ccc(Sc2ncnc3nc[nH]c23)c([N+](=O)[O-])c1. The third kappa shape index (κ3) is 2.83. The number of aromatic amines is 1. The van der Waals surface area contributed by atoms with Crippen molar-refractivity contribution in [3.05, 3.63) is 46.5 Å². The number of nitro groups is 1. The Morgan fingerprint density at radius 2 is 2.17 bits per heavy atom. The van der Waals surface area contributed by atoms with Gasteiger partial charge < -0.3 is 9.72 Å². The van der Waals surface area contributed by atoms with E-state index >= 15 is 0 Å². The molecular formula is C13H9N5O4S. The maximum absolute atomic E-state index is 11.5. The van der Waals surface area contributed by atoms with E-state index in [1.165, 1.54) is 38.0 Å². The van der Waals surface area contributed by atoms with Crippen LogP contribution < -0.4 is 0 Å². The van der Waals surface area contributed by atoms with Crippen LogP contribution in [0.2, 0.25) is 0 Å². The monoisotopic (exact) mass is 331 g/mol. The van der Waals surface area contributed by atoms with Crippen molar-refractivity contribution in [3.63, 3.8) is 0 Å². The first-order valence-corrected chi connectivity index (χ1v) is 7.10. The van der Waals surface area contributed by atoms with Gasteiger partial charge in [0.2, 0.25) is 0 Å². The highest BCUT2D eigenvalue weighted by Crippen LogP contribution is 2.36. The van der Waals surface area contributed by atoms with Crippen molar-refractivity contribution < 1.29 is 14.5 Å². The molecule has 1 aromatic carbocycles. The maximum Gasteiger partial charge on any atom is 0.338 e. The number of H-pyrrole nitrogens is 1. The Labute approximate surface area is 133 Å². The molecule has 23 heavy (non-hydrogen) atoms. The van der Waals surface area contributed by atoms with E-state index in [1.54, 1.807) is 0 Å². The van der Waals surface area contributed by atoms with Gasteiger partial charge in [-0.2, -0.15) is 0 Å². The number of nitrogens with one attached hydrogen (secondary N) is 1. The fourth-order valence-corrected chi connectivity index (χ4v) is 2.85. The van der Waals surface area contributed by atoms with Gasteiger partial charge in [-0.15, -0.1) is 0 Å². The normalized spacial score (nSPS) is 10.7. The Hall–Kier alpha value is -3.01. The molecule has 0 saturated heterocycles. The molecule has 1 N–H and O–H groups in total. The number of nitro benzene ring substituents is 1. The van der Waals surface area contributed by atoms with Gasteiger partial charge in [0.05, 0.1) is 28.8 Å². The molecule has 2 heterocycles. The number of hydrogen-bond acceptors (Lipinski definition) is 8. The van der Waals surface area contributed by atoms with E-state index in [4.69, 9.17) is 0 Å². The lowest BCUT2D eigenvalue weighted by molar-refractivity contribution is -0.387. The van der Waals surface area contributed by atoms with Crippen LogP contribution in [0, 0.1) is 10.1 Å². The number of methoxy groups -OCH3 is 1. The van der Waals surface area contributed by atoms with Crippen LogP contribution in [-0.2, 0) is 4.74 Å². The van der Waals surface area contributed by atoms with Gasteiger partial charge in [0, 0.05) is 6.07 Å². The predicted octanol–water partition coefficient (Wildman–Crippen LogP) is 2.20. The molecule has 0 saturated carbocycles. The third-order valence-electron chi connectivity index (χ3n) is 2.97. The van der Waals surface area contributed by atoms with Gasteiger partial charge in [-0.05, 0) is 12.1 Å². The highest BCUT2D eigenvalue weighted by atomic mass is 32.2. The van der Waals surface area contributed by atoms with Crippen LogP contribution in [0.4, 0.5) is 5.69 Å². The van der Waals surface area contributed by atoms with Gasteiger partial charge in [0.25, 0.3) is 5.69 Å². The molecule has 0 aliphatic carbocycles. The molecule has 3 rings (SSSR count). The molecular weight excluding hydrogens is 322 g/mol. The maximum atomic E-state index is 11.5. The minimum atomic E-state index is -0.636. The van der Waals surface area contributed by atoms with Crippen LogP contribution in [0.5, 0.6) is 0 Å². The lowest BCUT2D eigenvalue weighted by atomic mass is 10.2. The minimum absolute atomic E-state index is 0.109. The molecule has 0 atom stereocenters. The second kappa shape index (κ2) is 6.01. The smallest absolute Gasteiger partial charge is 0.338 e. The number of esters is 1. The van der Waals surface area contributed by atoms with Crippen LogP contribution in [0.25, 0.3) is 11.2 Å². The largest absolute Gasteiger partial charge is 0.465 e. The number of aromatic nitrogens is 4. The molecule has 9 nitrogen and oxygen atoms in total. The zero-order valence-electron chi connectivity index (χ0n) is 11.7. The number of carbonyl (C=O) groups is 1. The molecule has 0 aliphatic heterocycles. The van der Waals surface area contributed by atoms with E-state index < -0.39 is 10.9 Å². The summed E-state index contributed by atoms with van der Waals surface area (Å²) in [6, 6.07) is 4.13. The first-order valence-electron chi connectivity index (χ1n) is 6.29. The number of benzene rings is 1. The summed E-state index contributed by atoms with van der Waals surface area (Å²) in [7, 11) is 1.21. The summed E-state index contributed by atoms with van der Waals surface area (Å²) in [5.41, 5.74) is 0.960. The van der Waals surface area contributed by atoms with Crippen LogP contribution in [-0.4, -0.2) is 37.9 Å². The summed E-state index contributed by atoms with van der Waals surface area (Å²) in [4.78, 5) is 37.6. The molecule has 0 amide bonds. The number of hydrogen-bond donors (Lipinski definition) is 1. The molecule has 0 aliphatic rings. The zero-order chi connectivity index (χ0) is 16.4. The topological polar surface area (TPSA) is 124 Å². The summed E-state index contributed by atoms with van der Waals surface area (Å²) in [5.74, 6) is -0.636. The van der Waals surface area contributed by atoms with Crippen molar-refractivity contribution in [2.24, 2.45) is 0 Å². The van der Waals surface area contributed by atoms with Crippen LogP contribution in [0.3, 0.4) is 0 Å². The third-order valence-corrected chi connectivity index (χ3v) is 4.04. The van der Waals surface area contributed by atoms with Crippen molar-refractivity contribution in [3.8, 4) is 0 Å². The van der Waals surface area contributed by atoms with Crippen molar-refractivity contribution in [2.45, 2.75) is 9.92 Å². The molecule has 0 unspecified atom stereocenters. The number of ether oxygens (including phenoxy) is 1. The molecule has 0 radical (unpaired) electrons. The van der Waals surface area contributed by atoms with Gasteiger partial charge in [0.1, 0.15) is 16.9 Å². The Balaban J connectivity index is 2.04. The summed E-state index contributed by atoms with van der Waals surface area (Å²) in [6.07, 6.45) is 2.80. The molecule has 0 fully saturated rings. The van der Waals surface area contributed by atoms with Crippen molar-refractivity contribution in [1.29, 1.82) is 0 Å². The second-order valence-corrected chi connectivity index (χ2v) is 5.34. The van der Waals surface area contributed by atoms with Crippen LogP contribution >= 0.6 is 11.8 Å². The molecule has 0 spiro atoms. The summed E-state index contributed by atoms with van der Waals surface area (Å²) < 4.78 is 4.57. The molecule has 10 heteroatoms. The first-order chi connectivity index (χ1) is 11.1. The number of imidazole rings is 1. The van der Waals surface area contributed by atoms with E-state index in [-0.39, 0.29) is 11.3 Å². The average molecular weight is 331 g/mol. The lowest BCUT2D eigenvalue weighted by Crippen LogP contribution is -2.02. The summed E-state index contributed by atoms with van der Waals surface area (Å²) in [6.45, 7) is 0. The summed E-state index contributed by atoms with van der Waals surface area (Å²) in [5, 5.41) is 11.8. The quantitative estimate of drug-likeness (QED) is 0.334. The van der Waals surface area contributed by atoms with Gasteiger partial charge in [-0.25, -0.2) is 19.7 Å². The van der Waals surface area contributed by atoms with Gasteiger partial charge in [-0.3, -0.25) is 10.1 Å². The molecule has 116 valence electrons. The Morgan fingerprint density at radius 3 is 2.91 bits per heavy atom. The Bertz CT molecular complexity index is 910. The highest BCUT2D eigenvalue weighted by Gasteiger charge is 2.20. The first kappa shape index (κ1) is 14.9. The molecule has 3 aromatic rings. The lowest BCUT2D eigenvalue weighted by Gasteiger charge is -2.05. The highest BCUT2D eigenvalue weighted by molar-refractivity contribution is 7.99. The number of nitrogens with zero attached hydrogens (tertiary/aromatic N) is 4. The van der Waals surface area contributed by atoms with E-state index in [0.29, 0.717) is 21.1 Å². The molecule has 0 bridgehead atoms. The second-order valence-electron chi connectivity index (χ2n) is 4.31. The zero-order valence-corrected chi connectivity index (χ0v) is 12.5. The Kier molecular flexibility index (Phi) is 3.89. The Morgan fingerprint density at radius 1 is 1.35 bits per heavy atom. The fraction of sp³-hybridized carbons (Fsp3) is 0.0769. The van der Waals surface area contributed by atoms with Crippen molar-refractivity contribution in [1.82, 2.24) is 19.9 Å². The van der Waals surface area contributed by atoms with E-state index in [1.807, 2.05) is 0 Å². The van der Waals surface area contributed by atoms with Crippen LogP contribution in [0.1, 0.15) is 10.4 Å². The van der Waals surface area contributed by atoms with Crippen molar-refractivity contribution >= 4 is 34.6 Å². The van der Waals surface area contributed by atoms with Gasteiger partial charge >= 0.3 is 5.97 Å². The average Bonchev–Trinajstić information content (AvgIpc) is 3.04. The predicted molar refractivity (Wildman–Crippen MR) is 80.2 cm³/mol. The number of rotatable bonds is 4. The van der Waals surface area contributed by atoms with E-state index in [2.05, 4.69) is 24.7 Å². The number of fused-ring (bicyclic) bond motifs is 1. The molecule has 2 aromatic heterocycles. The van der Waals surface area contributed by atoms with E-state index in [9.17, 15) is 14.9 Å². The summed E-state index contributed by atoms with van der Waals surface area (Å²) >= 11 is 1.09. The van der Waals surface area contributed by atoms with Crippen LogP contribution in [0.15, 0.2) is 40.8 Å². The number of carbonyl (C=O) groups excluding carboxylic acids is 1. The fourth-order valence-electron chi connectivity index (χ4n) is 1.92. The van der Waals surface area contributed by atoms with E-state index in [0.717, 1.165) is 11.8 Å².